The summed E-state index contributed by atoms with van der Waals surface area (Å²) >= 11 is 6.32. The molecule has 0 bridgehead atoms. The molecule has 2 rings (SSSR count). The van der Waals surface area contributed by atoms with E-state index in [0.29, 0.717) is 24.4 Å². The van der Waals surface area contributed by atoms with Gasteiger partial charge in [0.25, 0.3) is 0 Å². The third-order valence-corrected chi connectivity index (χ3v) is 4.09. The Morgan fingerprint density at radius 3 is 2.94 bits per heavy atom. The maximum Gasteiger partial charge on any atom is 0.227 e. The monoisotopic (exact) mass is 351 g/mol. The predicted octanol–water partition coefficient (Wildman–Crippen LogP) is 2.71. The Kier molecular flexibility index (Phi) is 3.73. The Morgan fingerprint density at radius 2 is 2.31 bits per heavy atom. The molecule has 1 aliphatic heterocycles. The van der Waals surface area contributed by atoms with Crippen molar-refractivity contribution in [3.8, 4) is 0 Å². The zero-order valence-electron chi connectivity index (χ0n) is 8.49. The standard InChI is InChI=1S/C11H11FINOS/c12-8-1-2-9(13)10(4-8)14-5-7(6-16)3-11(14)15/h1-2,4,7,16H,3,5-6H2. The molecular formula is C11H11FINOS. The first-order chi connectivity index (χ1) is 7.61. The number of benzene rings is 1. The van der Waals surface area contributed by atoms with Crippen LogP contribution in [0.4, 0.5) is 10.1 Å². The number of halogens is 2. The van der Waals surface area contributed by atoms with Gasteiger partial charge in [-0.1, -0.05) is 0 Å². The molecule has 1 unspecified atom stereocenters. The Balaban J connectivity index is 2.30. The van der Waals surface area contributed by atoms with Crippen LogP contribution < -0.4 is 4.90 Å². The molecule has 1 saturated heterocycles. The van der Waals surface area contributed by atoms with Gasteiger partial charge in [0.05, 0.1) is 5.69 Å². The van der Waals surface area contributed by atoms with E-state index in [1.165, 1.54) is 12.1 Å². The van der Waals surface area contributed by atoms with E-state index in [0.717, 1.165) is 3.57 Å². The fourth-order valence-electron chi connectivity index (χ4n) is 1.83. The fraction of sp³-hybridized carbons (Fsp3) is 0.364. The van der Waals surface area contributed by atoms with Gasteiger partial charge in [0.15, 0.2) is 0 Å². The van der Waals surface area contributed by atoms with Gasteiger partial charge in [0.2, 0.25) is 5.91 Å². The molecule has 0 radical (unpaired) electrons. The molecule has 0 aliphatic carbocycles. The van der Waals surface area contributed by atoms with Gasteiger partial charge in [-0.05, 0) is 52.5 Å². The van der Waals surface area contributed by atoms with Crippen molar-refractivity contribution in [2.75, 3.05) is 17.2 Å². The molecule has 0 N–H and O–H groups in total. The Morgan fingerprint density at radius 1 is 1.56 bits per heavy atom. The predicted molar refractivity (Wildman–Crippen MR) is 73.4 cm³/mol. The van der Waals surface area contributed by atoms with E-state index in [9.17, 15) is 9.18 Å². The fourth-order valence-corrected chi connectivity index (χ4v) is 2.70. The van der Waals surface area contributed by atoms with Crippen LogP contribution in [0.1, 0.15) is 6.42 Å². The Hall–Kier alpha value is -0.300. The van der Waals surface area contributed by atoms with Gasteiger partial charge in [-0.2, -0.15) is 12.6 Å². The van der Waals surface area contributed by atoms with E-state index in [-0.39, 0.29) is 17.6 Å². The highest BCUT2D eigenvalue weighted by Gasteiger charge is 2.30. The molecule has 1 aliphatic rings. The molecule has 2 nitrogen and oxygen atoms in total. The van der Waals surface area contributed by atoms with Gasteiger partial charge < -0.3 is 4.90 Å². The lowest BCUT2D eigenvalue weighted by Crippen LogP contribution is -2.25. The molecule has 0 aromatic heterocycles. The lowest BCUT2D eigenvalue weighted by Gasteiger charge is -2.18. The summed E-state index contributed by atoms with van der Waals surface area (Å²) in [5, 5.41) is 0. The van der Waals surface area contributed by atoms with Crippen LogP contribution in [0, 0.1) is 15.3 Å². The van der Waals surface area contributed by atoms with Crippen LogP contribution in [-0.2, 0) is 4.79 Å². The number of nitrogens with zero attached hydrogens (tertiary/aromatic N) is 1. The van der Waals surface area contributed by atoms with E-state index in [4.69, 9.17) is 0 Å². The molecule has 1 amide bonds. The summed E-state index contributed by atoms with van der Waals surface area (Å²) in [6.45, 7) is 0.641. The number of carbonyl (C=O) groups excluding carboxylic acids is 1. The first-order valence-corrected chi connectivity index (χ1v) is 6.69. The Bertz CT molecular complexity index is 426. The van der Waals surface area contributed by atoms with Crippen molar-refractivity contribution in [1.29, 1.82) is 0 Å². The molecule has 16 heavy (non-hydrogen) atoms. The second-order valence-electron chi connectivity index (χ2n) is 3.85. The molecule has 1 aromatic rings. The third-order valence-electron chi connectivity index (χ3n) is 2.66. The smallest absolute Gasteiger partial charge is 0.227 e. The lowest BCUT2D eigenvalue weighted by atomic mass is 10.1. The quantitative estimate of drug-likeness (QED) is 0.642. The third kappa shape index (κ3) is 2.34. The zero-order valence-corrected chi connectivity index (χ0v) is 11.5. The van der Waals surface area contributed by atoms with Crippen LogP contribution in [0.2, 0.25) is 0 Å². The second kappa shape index (κ2) is 4.91. The lowest BCUT2D eigenvalue weighted by molar-refractivity contribution is -0.117. The number of anilines is 1. The number of amides is 1. The van der Waals surface area contributed by atoms with Crippen molar-refractivity contribution in [2.45, 2.75) is 6.42 Å². The molecule has 5 heteroatoms. The van der Waals surface area contributed by atoms with E-state index in [1.807, 2.05) is 0 Å². The molecule has 86 valence electrons. The maximum absolute atomic E-state index is 13.2. The van der Waals surface area contributed by atoms with E-state index < -0.39 is 0 Å². The number of thiol groups is 1. The topological polar surface area (TPSA) is 20.3 Å². The molecular weight excluding hydrogens is 340 g/mol. The molecule has 0 spiro atoms. The molecule has 1 aromatic carbocycles. The van der Waals surface area contributed by atoms with Crippen LogP contribution in [0.5, 0.6) is 0 Å². The van der Waals surface area contributed by atoms with Crippen molar-refractivity contribution >= 4 is 46.8 Å². The first kappa shape index (κ1) is 12.2. The summed E-state index contributed by atoms with van der Waals surface area (Å²) in [5.41, 5.74) is 0.676. The highest BCUT2D eigenvalue weighted by molar-refractivity contribution is 14.1. The average Bonchev–Trinajstić information content (AvgIpc) is 2.63. The molecule has 1 fully saturated rings. The molecule has 1 atom stereocenters. The Labute approximate surface area is 113 Å². The van der Waals surface area contributed by atoms with E-state index in [2.05, 4.69) is 35.2 Å². The van der Waals surface area contributed by atoms with Crippen LogP contribution in [0.25, 0.3) is 0 Å². The summed E-state index contributed by atoms with van der Waals surface area (Å²) in [6, 6.07) is 4.51. The van der Waals surface area contributed by atoms with Gasteiger partial charge in [0.1, 0.15) is 5.82 Å². The number of carbonyl (C=O) groups is 1. The summed E-state index contributed by atoms with van der Waals surface area (Å²) < 4.78 is 14.0. The highest BCUT2D eigenvalue weighted by Crippen LogP contribution is 2.30. The van der Waals surface area contributed by atoms with E-state index >= 15 is 0 Å². The van der Waals surface area contributed by atoms with E-state index in [1.54, 1.807) is 11.0 Å². The molecule has 0 saturated carbocycles. The maximum atomic E-state index is 13.2. The average molecular weight is 351 g/mol. The number of hydrogen-bond acceptors (Lipinski definition) is 2. The van der Waals surface area contributed by atoms with Gasteiger partial charge in [-0.3, -0.25) is 4.79 Å². The minimum Gasteiger partial charge on any atom is -0.311 e. The van der Waals surface area contributed by atoms with Crippen molar-refractivity contribution in [3.63, 3.8) is 0 Å². The van der Waals surface area contributed by atoms with Crippen LogP contribution >= 0.6 is 35.2 Å². The summed E-state index contributed by atoms with van der Waals surface area (Å²) in [4.78, 5) is 13.4. The SMILES string of the molecule is O=C1CC(CS)CN1c1cc(F)ccc1I. The molecule has 1 heterocycles. The zero-order chi connectivity index (χ0) is 11.7. The van der Waals surface area contributed by atoms with Crippen molar-refractivity contribution in [1.82, 2.24) is 0 Å². The van der Waals surface area contributed by atoms with Gasteiger partial charge in [-0.25, -0.2) is 4.39 Å². The van der Waals surface area contributed by atoms with Crippen LogP contribution in [-0.4, -0.2) is 18.2 Å². The highest BCUT2D eigenvalue weighted by atomic mass is 127. The van der Waals surface area contributed by atoms with Crippen molar-refractivity contribution < 1.29 is 9.18 Å². The number of rotatable bonds is 2. The minimum atomic E-state index is -0.308. The summed E-state index contributed by atoms with van der Waals surface area (Å²) in [6.07, 6.45) is 0.510. The summed E-state index contributed by atoms with van der Waals surface area (Å²) in [7, 11) is 0. The largest absolute Gasteiger partial charge is 0.311 e. The van der Waals surface area contributed by atoms with Gasteiger partial charge in [-0.15, -0.1) is 0 Å². The van der Waals surface area contributed by atoms with Gasteiger partial charge in [0, 0.05) is 16.5 Å². The normalized spacial score (nSPS) is 20.6. The second-order valence-corrected chi connectivity index (χ2v) is 5.38. The van der Waals surface area contributed by atoms with Crippen molar-refractivity contribution in [3.05, 3.63) is 27.6 Å². The number of hydrogen-bond donors (Lipinski definition) is 1. The van der Waals surface area contributed by atoms with Crippen LogP contribution in [0.15, 0.2) is 18.2 Å². The first-order valence-electron chi connectivity index (χ1n) is 4.98. The minimum absolute atomic E-state index is 0.0579. The van der Waals surface area contributed by atoms with Crippen LogP contribution in [0.3, 0.4) is 0 Å². The van der Waals surface area contributed by atoms with Gasteiger partial charge >= 0.3 is 0 Å². The van der Waals surface area contributed by atoms with Crippen molar-refractivity contribution in [2.24, 2.45) is 5.92 Å². The summed E-state index contributed by atoms with van der Waals surface area (Å²) in [5.74, 6) is 0.712.